The van der Waals surface area contributed by atoms with Gasteiger partial charge in [0.15, 0.2) is 11.5 Å². The Balaban J connectivity index is 1.71. The van der Waals surface area contributed by atoms with Crippen LogP contribution in [0.2, 0.25) is 5.02 Å². The molecule has 0 spiro atoms. The van der Waals surface area contributed by atoms with Crippen LogP contribution in [0, 0.1) is 13.8 Å². The molecule has 0 saturated heterocycles. The van der Waals surface area contributed by atoms with Crippen LogP contribution in [0.4, 0.5) is 0 Å². The Hall–Kier alpha value is -3.03. The highest BCUT2D eigenvalue weighted by atomic mass is 35.5. The summed E-state index contributed by atoms with van der Waals surface area (Å²) in [4.78, 5) is 2.45. The fraction of sp³-hybridized carbons (Fsp3) is 0.174. The summed E-state index contributed by atoms with van der Waals surface area (Å²) < 4.78 is 36.3. The maximum atomic E-state index is 12.5. The van der Waals surface area contributed by atoms with Gasteiger partial charge in [-0.25, -0.2) is 4.83 Å². The third-order valence-corrected chi connectivity index (χ3v) is 6.28. The Bertz CT molecular complexity index is 1210. The molecule has 0 aliphatic rings. The van der Waals surface area contributed by atoms with Crippen molar-refractivity contribution in [2.24, 2.45) is 5.10 Å². The topological polar surface area (TPSA) is 77.0 Å². The second-order valence-corrected chi connectivity index (χ2v) is 8.95. The molecule has 31 heavy (non-hydrogen) atoms. The van der Waals surface area contributed by atoms with Crippen molar-refractivity contribution >= 4 is 27.8 Å². The van der Waals surface area contributed by atoms with Crippen molar-refractivity contribution in [3.05, 3.63) is 87.9 Å². The third-order valence-electron chi connectivity index (χ3n) is 4.55. The van der Waals surface area contributed by atoms with Crippen molar-refractivity contribution < 1.29 is 17.9 Å². The normalized spacial score (nSPS) is 11.5. The van der Waals surface area contributed by atoms with Crippen LogP contribution >= 0.6 is 11.6 Å². The lowest BCUT2D eigenvalue weighted by molar-refractivity contribution is 0.284. The fourth-order valence-electron chi connectivity index (χ4n) is 2.87. The molecule has 6 nitrogen and oxygen atoms in total. The van der Waals surface area contributed by atoms with Gasteiger partial charge in [-0.15, -0.1) is 0 Å². The quantitative estimate of drug-likeness (QED) is 0.386. The number of sulfonamides is 1. The summed E-state index contributed by atoms with van der Waals surface area (Å²) in [5.74, 6) is 1.03. The van der Waals surface area contributed by atoms with Crippen molar-refractivity contribution in [3.8, 4) is 11.5 Å². The molecule has 0 aliphatic carbocycles. The molecule has 3 aromatic rings. The summed E-state index contributed by atoms with van der Waals surface area (Å²) in [6, 6.07) is 17.9. The molecule has 0 atom stereocenters. The van der Waals surface area contributed by atoms with Gasteiger partial charge in [0, 0.05) is 10.6 Å². The van der Waals surface area contributed by atoms with Gasteiger partial charge in [0.25, 0.3) is 10.0 Å². The zero-order chi connectivity index (χ0) is 22.4. The number of methoxy groups -OCH3 is 1. The zero-order valence-corrected chi connectivity index (χ0v) is 19.0. The molecule has 0 aliphatic heterocycles. The van der Waals surface area contributed by atoms with Crippen LogP contribution in [0.5, 0.6) is 11.5 Å². The number of hydrogen-bond donors (Lipinski definition) is 1. The number of nitrogens with zero attached hydrogens (tertiary/aromatic N) is 1. The second kappa shape index (κ2) is 9.85. The van der Waals surface area contributed by atoms with Crippen LogP contribution in [0.25, 0.3) is 0 Å². The molecule has 0 radical (unpaired) electrons. The van der Waals surface area contributed by atoms with Crippen molar-refractivity contribution in [3.63, 3.8) is 0 Å². The van der Waals surface area contributed by atoms with Crippen molar-refractivity contribution in [2.45, 2.75) is 25.3 Å². The maximum absolute atomic E-state index is 12.5. The predicted molar refractivity (Wildman–Crippen MR) is 123 cm³/mol. The number of benzene rings is 3. The van der Waals surface area contributed by atoms with Gasteiger partial charge in [0.05, 0.1) is 18.2 Å². The SMILES string of the molecule is COc1cc(C=NNS(=O)(=O)c2cc(C)ccc2C)ccc1OCc1ccccc1Cl. The van der Waals surface area contributed by atoms with Gasteiger partial charge in [-0.3, -0.25) is 0 Å². The van der Waals surface area contributed by atoms with Crippen LogP contribution in [-0.2, 0) is 16.6 Å². The van der Waals surface area contributed by atoms with Gasteiger partial charge in [0.1, 0.15) is 6.61 Å². The Kier molecular flexibility index (Phi) is 7.20. The number of rotatable bonds is 8. The number of hydrogen-bond acceptors (Lipinski definition) is 5. The van der Waals surface area contributed by atoms with E-state index in [-0.39, 0.29) is 4.90 Å². The van der Waals surface area contributed by atoms with E-state index in [1.807, 2.05) is 31.2 Å². The van der Waals surface area contributed by atoms with Gasteiger partial charge in [-0.1, -0.05) is 41.9 Å². The first kappa shape index (κ1) is 22.7. The van der Waals surface area contributed by atoms with Crippen LogP contribution in [-0.4, -0.2) is 21.7 Å². The minimum absolute atomic E-state index is 0.200. The van der Waals surface area contributed by atoms with E-state index in [2.05, 4.69) is 9.93 Å². The van der Waals surface area contributed by atoms with Crippen LogP contribution in [0.1, 0.15) is 22.3 Å². The fourth-order valence-corrected chi connectivity index (χ4v) is 4.18. The third kappa shape index (κ3) is 5.77. The highest BCUT2D eigenvalue weighted by Gasteiger charge is 2.16. The van der Waals surface area contributed by atoms with Crippen LogP contribution in [0.3, 0.4) is 0 Å². The molecule has 162 valence electrons. The standard InChI is InChI=1S/C23H23ClN2O4S/c1-16-8-9-17(2)23(12-16)31(27,28)26-25-14-18-10-11-21(22(13-18)29-3)30-15-19-6-4-5-7-20(19)24/h4-14,26H,15H2,1-3H3. The molecule has 0 bridgehead atoms. The monoisotopic (exact) mass is 458 g/mol. The predicted octanol–water partition coefficient (Wildman–Crippen LogP) is 4.86. The summed E-state index contributed by atoms with van der Waals surface area (Å²) in [5.41, 5.74) is 3.00. The van der Waals surface area contributed by atoms with Gasteiger partial charge in [-0.05, 0) is 60.9 Å². The summed E-state index contributed by atoms with van der Waals surface area (Å²) in [7, 11) is -2.24. The Morgan fingerprint density at radius 3 is 2.55 bits per heavy atom. The summed E-state index contributed by atoms with van der Waals surface area (Å²) in [6.45, 7) is 3.87. The highest BCUT2D eigenvalue weighted by Crippen LogP contribution is 2.29. The van der Waals surface area contributed by atoms with E-state index in [0.29, 0.717) is 34.3 Å². The second-order valence-electron chi connectivity index (χ2n) is 6.91. The first-order chi connectivity index (χ1) is 14.8. The molecule has 0 fully saturated rings. The van der Waals surface area contributed by atoms with E-state index in [1.54, 1.807) is 43.3 Å². The van der Waals surface area contributed by atoms with E-state index in [9.17, 15) is 8.42 Å². The van der Waals surface area contributed by atoms with E-state index < -0.39 is 10.0 Å². The average Bonchev–Trinajstić information content (AvgIpc) is 2.75. The number of aryl methyl sites for hydroxylation is 2. The Morgan fingerprint density at radius 1 is 1.03 bits per heavy atom. The van der Waals surface area contributed by atoms with E-state index >= 15 is 0 Å². The van der Waals surface area contributed by atoms with Gasteiger partial charge >= 0.3 is 0 Å². The number of hydrazone groups is 1. The number of ether oxygens (including phenoxy) is 2. The lowest BCUT2D eigenvalue weighted by atomic mass is 10.2. The molecule has 3 aromatic carbocycles. The molecule has 1 N–H and O–H groups in total. The molecule has 0 saturated carbocycles. The summed E-state index contributed by atoms with van der Waals surface area (Å²) >= 11 is 6.16. The lowest BCUT2D eigenvalue weighted by Gasteiger charge is -2.12. The maximum Gasteiger partial charge on any atom is 0.276 e. The number of halogens is 1. The zero-order valence-electron chi connectivity index (χ0n) is 17.4. The molecule has 0 unspecified atom stereocenters. The molecular weight excluding hydrogens is 436 g/mol. The lowest BCUT2D eigenvalue weighted by Crippen LogP contribution is -2.19. The number of nitrogens with one attached hydrogen (secondary N) is 1. The minimum atomic E-state index is -3.77. The van der Waals surface area contributed by atoms with E-state index in [1.165, 1.54) is 13.3 Å². The van der Waals surface area contributed by atoms with Crippen LogP contribution < -0.4 is 14.3 Å². The van der Waals surface area contributed by atoms with Crippen molar-refractivity contribution in [1.29, 1.82) is 0 Å². The summed E-state index contributed by atoms with van der Waals surface area (Å²) in [6.07, 6.45) is 1.41. The van der Waals surface area contributed by atoms with E-state index in [4.69, 9.17) is 21.1 Å². The molecular formula is C23H23ClN2O4S. The molecule has 0 amide bonds. The largest absolute Gasteiger partial charge is 0.493 e. The molecule has 8 heteroatoms. The van der Waals surface area contributed by atoms with Gasteiger partial charge < -0.3 is 9.47 Å². The average molecular weight is 459 g/mol. The minimum Gasteiger partial charge on any atom is -0.493 e. The van der Waals surface area contributed by atoms with Crippen LogP contribution in [0.15, 0.2) is 70.7 Å². The highest BCUT2D eigenvalue weighted by molar-refractivity contribution is 7.89. The Labute approximate surface area is 187 Å². The summed E-state index contributed by atoms with van der Waals surface area (Å²) in [5, 5.41) is 4.52. The van der Waals surface area contributed by atoms with Gasteiger partial charge in [-0.2, -0.15) is 13.5 Å². The Morgan fingerprint density at radius 2 is 1.81 bits per heavy atom. The van der Waals surface area contributed by atoms with E-state index in [0.717, 1.165) is 11.1 Å². The van der Waals surface area contributed by atoms with Crippen molar-refractivity contribution in [1.82, 2.24) is 4.83 Å². The molecule has 0 aromatic heterocycles. The smallest absolute Gasteiger partial charge is 0.276 e. The van der Waals surface area contributed by atoms with Crippen molar-refractivity contribution in [2.75, 3.05) is 7.11 Å². The molecule has 0 heterocycles. The van der Waals surface area contributed by atoms with Gasteiger partial charge in [0.2, 0.25) is 0 Å². The first-order valence-corrected chi connectivity index (χ1v) is 11.3. The molecule has 3 rings (SSSR count). The first-order valence-electron chi connectivity index (χ1n) is 9.46.